The first-order valence-electron chi connectivity index (χ1n) is 8.54. The highest BCUT2D eigenvalue weighted by atomic mass is 19.1. The van der Waals surface area contributed by atoms with Crippen LogP contribution >= 0.6 is 0 Å². The number of hydrogen-bond donors (Lipinski definition) is 2. The van der Waals surface area contributed by atoms with Gasteiger partial charge in [0.2, 0.25) is 5.91 Å². The van der Waals surface area contributed by atoms with Gasteiger partial charge in [-0.3, -0.25) is 14.4 Å². The maximum Gasteiger partial charge on any atom is 0.312 e. The fourth-order valence-corrected chi connectivity index (χ4v) is 3.21. The summed E-state index contributed by atoms with van der Waals surface area (Å²) >= 11 is 0. The molecule has 0 spiro atoms. The van der Waals surface area contributed by atoms with Crippen molar-refractivity contribution in [3.05, 3.63) is 65.0 Å². The third-order valence-electron chi connectivity index (χ3n) is 4.65. The van der Waals surface area contributed by atoms with E-state index in [1.165, 1.54) is 31.2 Å². The van der Waals surface area contributed by atoms with Crippen LogP contribution in [-0.2, 0) is 16.0 Å². The molecule has 1 unspecified atom stereocenters. The molecule has 0 aromatic heterocycles. The number of aliphatic carboxylic acids is 1. The highest BCUT2D eigenvalue weighted by Gasteiger charge is 2.24. The van der Waals surface area contributed by atoms with Gasteiger partial charge in [-0.1, -0.05) is 12.1 Å². The molecule has 0 bridgehead atoms. The Morgan fingerprint density at radius 3 is 2.52 bits per heavy atom. The molecule has 2 aromatic carbocycles. The van der Waals surface area contributed by atoms with Gasteiger partial charge in [0, 0.05) is 31.3 Å². The van der Waals surface area contributed by atoms with Crippen LogP contribution in [0.1, 0.15) is 34.3 Å². The minimum Gasteiger partial charge on any atom is -0.481 e. The lowest BCUT2D eigenvalue weighted by Crippen LogP contribution is -2.31. The van der Waals surface area contributed by atoms with Crippen molar-refractivity contribution < 1.29 is 23.9 Å². The predicted molar refractivity (Wildman–Crippen MR) is 97.3 cm³/mol. The molecule has 1 atom stereocenters. The number of carbonyl (C=O) groups excluding carboxylic acids is 2. The quantitative estimate of drug-likeness (QED) is 0.846. The molecule has 1 aliphatic heterocycles. The fraction of sp³-hybridized carbons (Fsp3) is 0.250. The number of halogens is 1. The normalized spacial score (nSPS) is 13.8. The molecular weight excluding hydrogens is 351 g/mol. The minimum absolute atomic E-state index is 0.0467. The van der Waals surface area contributed by atoms with E-state index in [0.29, 0.717) is 24.1 Å². The van der Waals surface area contributed by atoms with E-state index in [-0.39, 0.29) is 12.5 Å². The van der Waals surface area contributed by atoms with Crippen molar-refractivity contribution in [1.29, 1.82) is 0 Å². The summed E-state index contributed by atoms with van der Waals surface area (Å²) in [7, 11) is 0. The van der Waals surface area contributed by atoms with Crippen molar-refractivity contribution >= 4 is 23.5 Å². The van der Waals surface area contributed by atoms with Crippen molar-refractivity contribution in [1.82, 2.24) is 5.32 Å². The molecule has 0 saturated heterocycles. The molecule has 0 saturated carbocycles. The molecule has 140 valence electrons. The van der Waals surface area contributed by atoms with E-state index >= 15 is 0 Å². The van der Waals surface area contributed by atoms with E-state index < -0.39 is 23.6 Å². The van der Waals surface area contributed by atoms with E-state index in [4.69, 9.17) is 0 Å². The van der Waals surface area contributed by atoms with Gasteiger partial charge in [-0.2, -0.15) is 0 Å². The number of benzene rings is 2. The van der Waals surface area contributed by atoms with Gasteiger partial charge in [0.05, 0.1) is 5.92 Å². The molecule has 0 fully saturated rings. The zero-order valence-electron chi connectivity index (χ0n) is 14.7. The molecule has 0 radical (unpaired) electrons. The number of amides is 2. The first-order chi connectivity index (χ1) is 12.9. The van der Waals surface area contributed by atoms with Gasteiger partial charge in [-0.25, -0.2) is 4.39 Å². The van der Waals surface area contributed by atoms with Crippen molar-refractivity contribution in [2.75, 3.05) is 18.0 Å². The predicted octanol–water partition coefficient (Wildman–Crippen LogP) is 2.33. The topological polar surface area (TPSA) is 86.7 Å². The summed E-state index contributed by atoms with van der Waals surface area (Å²) < 4.78 is 13.0. The zero-order chi connectivity index (χ0) is 19.6. The van der Waals surface area contributed by atoms with Gasteiger partial charge >= 0.3 is 5.97 Å². The number of carboxylic acid groups (broad SMARTS) is 1. The van der Waals surface area contributed by atoms with E-state index in [1.54, 1.807) is 23.1 Å². The van der Waals surface area contributed by atoms with E-state index in [2.05, 4.69) is 5.32 Å². The van der Waals surface area contributed by atoms with Gasteiger partial charge < -0.3 is 15.3 Å². The number of carboxylic acids is 1. The molecule has 6 nitrogen and oxygen atoms in total. The molecule has 2 amide bonds. The molecule has 3 rings (SSSR count). The maximum atomic E-state index is 13.0. The van der Waals surface area contributed by atoms with Gasteiger partial charge in [0.15, 0.2) is 0 Å². The first kappa shape index (κ1) is 18.6. The lowest BCUT2D eigenvalue weighted by Gasteiger charge is -2.16. The molecule has 0 aliphatic carbocycles. The van der Waals surface area contributed by atoms with Crippen LogP contribution in [0.5, 0.6) is 0 Å². The minimum atomic E-state index is -1.10. The van der Waals surface area contributed by atoms with Gasteiger partial charge in [-0.15, -0.1) is 0 Å². The van der Waals surface area contributed by atoms with Gasteiger partial charge in [0.25, 0.3) is 5.91 Å². The summed E-state index contributed by atoms with van der Waals surface area (Å²) in [6, 6.07) is 10.2. The Balaban J connectivity index is 1.71. The first-order valence-corrected chi connectivity index (χ1v) is 8.54. The number of fused-ring (bicyclic) bond motifs is 1. The summed E-state index contributed by atoms with van der Waals surface area (Å²) in [5.74, 6) is -2.98. The SMILES string of the molecule is CC(=O)N1CCc2cc(C(=O)NCC(C(=O)O)c3ccc(F)cc3)ccc21. The fourth-order valence-electron chi connectivity index (χ4n) is 3.21. The van der Waals surface area contributed by atoms with Crippen LogP contribution in [-0.4, -0.2) is 36.0 Å². The van der Waals surface area contributed by atoms with E-state index in [0.717, 1.165) is 11.3 Å². The number of rotatable bonds is 5. The Kier molecular flexibility index (Phi) is 5.21. The van der Waals surface area contributed by atoms with Crippen LogP contribution in [0.15, 0.2) is 42.5 Å². The Morgan fingerprint density at radius 1 is 1.19 bits per heavy atom. The van der Waals surface area contributed by atoms with Crippen molar-refractivity contribution in [3.8, 4) is 0 Å². The molecule has 2 N–H and O–H groups in total. The van der Waals surface area contributed by atoms with Crippen LogP contribution in [0.2, 0.25) is 0 Å². The smallest absolute Gasteiger partial charge is 0.312 e. The number of nitrogens with zero attached hydrogens (tertiary/aromatic N) is 1. The highest BCUT2D eigenvalue weighted by molar-refractivity contribution is 5.98. The van der Waals surface area contributed by atoms with Crippen molar-refractivity contribution in [2.45, 2.75) is 19.3 Å². The molecule has 27 heavy (non-hydrogen) atoms. The van der Waals surface area contributed by atoms with Gasteiger partial charge in [-0.05, 0) is 47.9 Å². The highest BCUT2D eigenvalue weighted by Crippen LogP contribution is 2.29. The zero-order valence-corrected chi connectivity index (χ0v) is 14.7. The average Bonchev–Trinajstić information content (AvgIpc) is 3.06. The third-order valence-corrected chi connectivity index (χ3v) is 4.65. The second-order valence-electron chi connectivity index (χ2n) is 6.42. The van der Waals surface area contributed by atoms with E-state index in [1.807, 2.05) is 0 Å². The number of anilines is 1. The largest absolute Gasteiger partial charge is 0.481 e. The second-order valence-corrected chi connectivity index (χ2v) is 6.42. The standard InChI is InChI=1S/C20H19FN2O4/c1-12(24)23-9-8-14-10-15(4-7-18(14)23)19(25)22-11-17(20(26)27)13-2-5-16(21)6-3-13/h2-7,10,17H,8-9,11H2,1H3,(H,22,25)(H,26,27). The van der Waals surface area contributed by atoms with Crippen molar-refractivity contribution in [2.24, 2.45) is 0 Å². The van der Waals surface area contributed by atoms with Gasteiger partial charge in [0.1, 0.15) is 5.82 Å². The van der Waals surface area contributed by atoms with Crippen LogP contribution in [0.25, 0.3) is 0 Å². The summed E-state index contributed by atoms with van der Waals surface area (Å²) in [6.45, 7) is 1.97. The van der Waals surface area contributed by atoms with E-state index in [9.17, 15) is 23.9 Å². The van der Waals surface area contributed by atoms with Crippen LogP contribution < -0.4 is 10.2 Å². The Morgan fingerprint density at radius 2 is 1.89 bits per heavy atom. The van der Waals surface area contributed by atoms with Crippen LogP contribution in [0, 0.1) is 5.82 Å². The lowest BCUT2D eigenvalue weighted by molar-refractivity contribution is -0.138. The molecule has 2 aromatic rings. The Labute approximate surface area is 155 Å². The second kappa shape index (κ2) is 7.57. The average molecular weight is 370 g/mol. The summed E-state index contributed by atoms with van der Waals surface area (Å²) in [5, 5.41) is 12.0. The molecular formula is C20H19FN2O4. The molecule has 1 aliphatic rings. The number of hydrogen-bond acceptors (Lipinski definition) is 3. The summed E-state index contributed by atoms with van der Waals surface area (Å²) in [6.07, 6.45) is 0.670. The Hall–Kier alpha value is -3.22. The summed E-state index contributed by atoms with van der Waals surface area (Å²) in [4.78, 5) is 37.2. The van der Waals surface area contributed by atoms with Crippen LogP contribution in [0.3, 0.4) is 0 Å². The molecule has 7 heteroatoms. The summed E-state index contributed by atoms with van der Waals surface area (Å²) in [5.41, 5.74) is 2.53. The monoisotopic (exact) mass is 370 g/mol. The Bertz CT molecular complexity index is 895. The number of carbonyl (C=O) groups is 3. The van der Waals surface area contributed by atoms with Crippen molar-refractivity contribution in [3.63, 3.8) is 0 Å². The third kappa shape index (κ3) is 3.97. The lowest BCUT2D eigenvalue weighted by atomic mass is 9.99. The maximum absolute atomic E-state index is 13.0. The number of nitrogens with one attached hydrogen (secondary N) is 1. The van der Waals surface area contributed by atoms with Crippen LogP contribution in [0.4, 0.5) is 10.1 Å². The molecule has 1 heterocycles.